The molecule has 0 aliphatic carbocycles. The van der Waals surface area contributed by atoms with E-state index < -0.39 is 0 Å². The molecule has 5 nitrogen and oxygen atoms in total. The van der Waals surface area contributed by atoms with Crippen LogP contribution in [-0.4, -0.2) is 42.6 Å². The zero-order chi connectivity index (χ0) is 18.4. The van der Waals surface area contributed by atoms with E-state index in [9.17, 15) is 9.59 Å². The molecule has 0 atom stereocenters. The van der Waals surface area contributed by atoms with Gasteiger partial charge >= 0.3 is 6.09 Å². The largest absolute Gasteiger partial charge is 0.450 e. The summed E-state index contributed by atoms with van der Waals surface area (Å²) in [4.78, 5) is 26.3. The maximum absolute atomic E-state index is 12.8. The summed E-state index contributed by atoms with van der Waals surface area (Å²) in [6.45, 7) is 3.38. The van der Waals surface area contributed by atoms with E-state index in [1.165, 1.54) is 0 Å². The number of ether oxygens (including phenoxy) is 1. The molecule has 1 aliphatic rings. The summed E-state index contributed by atoms with van der Waals surface area (Å²) in [5.74, 6) is -0.0703. The van der Waals surface area contributed by atoms with Gasteiger partial charge in [0.25, 0.3) is 5.91 Å². The molecule has 0 saturated carbocycles. The molecule has 1 fully saturated rings. The van der Waals surface area contributed by atoms with Crippen LogP contribution in [0, 0.1) is 0 Å². The van der Waals surface area contributed by atoms with Crippen molar-refractivity contribution in [3.05, 3.63) is 60.2 Å². The summed E-state index contributed by atoms with van der Waals surface area (Å²) < 4.78 is 5.03. The van der Waals surface area contributed by atoms with E-state index >= 15 is 0 Å². The Kier molecular flexibility index (Phi) is 5.89. The molecule has 0 spiro atoms. The zero-order valence-corrected chi connectivity index (χ0v) is 15.0. The molecule has 5 heteroatoms. The summed E-state index contributed by atoms with van der Waals surface area (Å²) in [5.41, 5.74) is 2.62. The van der Waals surface area contributed by atoms with Gasteiger partial charge in [-0.2, -0.15) is 0 Å². The first-order valence-electron chi connectivity index (χ1n) is 9.06. The minimum Gasteiger partial charge on any atom is -0.450 e. The summed E-state index contributed by atoms with van der Waals surface area (Å²) in [6.07, 6.45) is 1.20. The van der Waals surface area contributed by atoms with Crippen molar-refractivity contribution in [1.29, 1.82) is 0 Å². The zero-order valence-electron chi connectivity index (χ0n) is 15.0. The van der Waals surface area contributed by atoms with E-state index in [2.05, 4.69) is 5.32 Å². The quantitative estimate of drug-likeness (QED) is 0.913. The Morgan fingerprint density at radius 3 is 2.38 bits per heavy atom. The first kappa shape index (κ1) is 18.0. The highest BCUT2D eigenvalue weighted by molar-refractivity contribution is 6.01. The number of carbonyl (C=O) groups excluding carboxylic acids is 2. The number of likely N-dealkylation sites (tertiary alicyclic amines) is 1. The van der Waals surface area contributed by atoms with Crippen LogP contribution in [0.4, 0.5) is 4.79 Å². The Bertz CT molecular complexity index is 753. The lowest BCUT2D eigenvalue weighted by atomic mass is 9.98. The first-order valence-corrected chi connectivity index (χ1v) is 9.06. The second-order valence-electron chi connectivity index (χ2n) is 6.35. The number of amides is 2. The van der Waals surface area contributed by atoms with Crippen molar-refractivity contribution in [1.82, 2.24) is 10.2 Å². The van der Waals surface area contributed by atoms with Gasteiger partial charge in [-0.05, 0) is 37.0 Å². The topological polar surface area (TPSA) is 58.6 Å². The number of rotatable bonds is 4. The summed E-state index contributed by atoms with van der Waals surface area (Å²) in [6, 6.07) is 17.6. The van der Waals surface area contributed by atoms with Crippen molar-refractivity contribution in [3.63, 3.8) is 0 Å². The standard InChI is InChI=1S/C21H24N2O3/c1-2-26-21(25)23-14-12-17(13-15-23)22-20(24)19-11-7-6-10-18(19)16-8-4-3-5-9-16/h3-11,17H,2,12-15H2,1H3,(H,22,24). The maximum atomic E-state index is 12.8. The maximum Gasteiger partial charge on any atom is 0.409 e. The van der Waals surface area contributed by atoms with Gasteiger partial charge in [-0.1, -0.05) is 48.5 Å². The molecule has 0 aromatic heterocycles. The monoisotopic (exact) mass is 352 g/mol. The van der Waals surface area contributed by atoms with Crippen molar-refractivity contribution < 1.29 is 14.3 Å². The fraction of sp³-hybridized carbons (Fsp3) is 0.333. The number of hydrogen-bond acceptors (Lipinski definition) is 3. The highest BCUT2D eigenvalue weighted by atomic mass is 16.6. The third-order valence-electron chi connectivity index (χ3n) is 4.61. The fourth-order valence-electron chi connectivity index (χ4n) is 3.23. The molecule has 0 radical (unpaired) electrons. The van der Waals surface area contributed by atoms with Gasteiger partial charge in [0.05, 0.1) is 6.61 Å². The summed E-state index contributed by atoms with van der Waals surface area (Å²) in [5, 5.41) is 3.12. The summed E-state index contributed by atoms with van der Waals surface area (Å²) in [7, 11) is 0. The van der Waals surface area contributed by atoms with Crippen LogP contribution in [0.2, 0.25) is 0 Å². The fourth-order valence-corrected chi connectivity index (χ4v) is 3.23. The van der Waals surface area contributed by atoms with Crippen molar-refractivity contribution in [3.8, 4) is 11.1 Å². The highest BCUT2D eigenvalue weighted by Crippen LogP contribution is 2.24. The molecule has 1 N–H and O–H groups in total. The lowest BCUT2D eigenvalue weighted by Crippen LogP contribution is -2.46. The molecule has 3 rings (SSSR count). The number of piperidine rings is 1. The van der Waals surface area contributed by atoms with Gasteiger partial charge < -0.3 is 15.0 Å². The van der Waals surface area contributed by atoms with Crippen molar-refractivity contribution >= 4 is 12.0 Å². The molecule has 2 amide bonds. The third kappa shape index (κ3) is 4.23. The van der Waals surface area contributed by atoms with Crippen molar-refractivity contribution in [2.24, 2.45) is 0 Å². The molecule has 2 aromatic rings. The van der Waals surface area contributed by atoms with Crippen LogP contribution in [0.25, 0.3) is 11.1 Å². The second kappa shape index (κ2) is 8.52. The van der Waals surface area contributed by atoms with Crippen LogP contribution in [0.5, 0.6) is 0 Å². The lowest BCUT2D eigenvalue weighted by Gasteiger charge is -2.31. The Labute approximate surface area is 154 Å². The van der Waals surface area contributed by atoms with Gasteiger partial charge in [0.2, 0.25) is 0 Å². The normalized spacial score (nSPS) is 14.7. The van der Waals surface area contributed by atoms with E-state index in [0.29, 0.717) is 25.3 Å². The Morgan fingerprint density at radius 2 is 1.69 bits per heavy atom. The average molecular weight is 352 g/mol. The van der Waals surface area contributed by atoms with E-state index in [0.717, 1.165) is 24.0 Å². The van der Waals surface area contributed by atoms with Gasteiger partial charge in [-0.15, -0.1) is 0 Å². The number of benzene rings is 2. The number of nitrogens with one attached hydrogen (secondary N) is 1. The lowest BCUT2D eigenvalue weighted by molar-refractivity contribution is 0.0860. The van der Waals surface area contributed by atoms with Gasteiger partial charge in [0, 0.05) is 24.7 Å². The molecular weight excluding hydrogens is 328 g/mol. The van der Waals surface area contributed by atoms with Gasteiger partial charge in [0.1, 0.15) is 0 Å². The minimum absolute atomic E-state index is 0.0667. The van der Waals surface area contributed by atoms with E-state index in [-0.39, 0.29) is 18.0 Å². The van der Waals surface area contributed by atoms with Crippen LogP contribution < -0.4 is 5.32 Å². The van der Waals surface area contributed by atoms with Gasteiger partial charge in [-0.25, -0.2) is 4.79 Å². The van der Waals surface area contributed by atoms with E-state index in [1.807, 2.05) is 54.6 Å². The molecule has 136 valence electrons. The molecule has 0 unspecified atom stereocenters. The first-order chi connectivity index (χ1) is 12.7. The molecule has 1 heterocycles. The smallest absolute Gasteiger partial charge is 0.409 e. The van der Waals surface area contributed by atoms with Crippen LogP contribution in [-0.2, 0) is 4.74 Å². The predicted molar refractivity (Wildman–Crippen MR) is 101 cm³/mol. The average Bonchev–Trinajstić information content (AvgIpc) is 2.69. The third-order valence-corrected chi connectivity index (χ3v) is 4.61. The second-order valence-corrected chi connectivity index (χ2v) is 6.35. The van der Waals surface area contributed by atoms with Gasteiger partial charge in [-0.3, -0.25) is 4.79 Å². The molecular formula is C21H24N2O3. The number of hydrogen-bond donors (Lipinski definition) is 1. The molecule has 1 aliphatic heterocycles. The highest BCUT2D eigenvalue weighted by Gasteiger charge is 2.25. The minimum atomic E-state index is -0.272. The molecule has 2 aromatic carbocycles. The van der Waals surface area contributed by atoms with Crippen LogP contribution in [0.15, 0.2) is 54.6 Å². The Balaban J connectivity index is 1.64. The van der Waals surface area contributed by atoms with Crippen LogP contribution >= 0.6 is 0 Å². The number of nitrogens with zero attached hydrogens (tertiary/aromatic N) is 1. The SMILES string of the molecule is CCOC(=O)N1CCC(NC(=O)c2ccccc2-c2ccccc2)CC1. The van der Waals surface area contributed by atoms with E-state index in [1.54, 1.807) is 11.8 Å². The van der Waals surface area contributed by atoms with Gasteiger partial charge in [0.15, 0.2) is 0 Å². The Morgan fingerprint density at radius 1 is 1.04 bits per heavy atom. The molecule has 0 bridgehead atoms. The van der Waals surface area contributed by atoms with Crippen LogP contribution in [0.3, 0.4) is 0 Å². The Hall–Kier alpha value is -2.82. The van der Waals surface area contributed by atoms with E-state index in [4.69, 9.17) is 4.74 Å². The van der Waals surface area contributed by atoms with Crippen molar-refractivity contribution in [2.75, 3.05) is 19.7 Å². The molecule has 26 heavy (non-hydrogen) atoms. The number of carbonyl (C=O) groups is 2. The van der Waals surface area contributed by atoms with Crippen molar-refractivity contribution in [2.45, 2.75) is 25.8 Å². The predicted octanol–water partition coefficient (Wildman–Crippen LogP) is 3.70. The molecule has 1 saturated heterocycles. The summed E-state index contributed by atoms with van der Waals surface area (Å²) >= 11 is 0. The van der Waals surface area contributed by atoms with Crippen LogP contribution in [0.1, 0.15) is 30.1 Å².